The van der Waals surface area contributed by atoms with E-state index >= 15 is 0 Å². The number of hydrogen-bond donors (Lipinski definition) is 0. The molecule has 1 aromatic carbocycles. The van der Waals surface area contributed by atoms with Crippen LogP contribution in [0.1, 0.15) is 6.92 Å². The molecule has 0 saturated heterocycles. The van der Waals surface area contributed by atoms with Crippen molar-refractivity contribution in [2.45, 2.75) is 6.92 Å². The quantitative estimate of drug-likeness (QED) is 0.311. The fraction of sp³-hybridized carbons (Fsp3) is 0.250. The Morgan fingerprint density at radius 1 is 1.40 bits per heavy atom. The first-order valence-electron chi connectivity index (χ1n) is 5.55. The fourth-order valence-electron chi connectivity index (χ4n) is 1.26. The van der Waals surface area contributed by atoms with Gasteiger partial charge in [0.2, 0.25) is 0 Å². The van der Waals surface area contributed by atoms with Gasteiger partial charge >= 0.3 is 5.97 Å². The van der Waals surface area contributed by atoms with Crippen molar-refractivity contribution >= 4 is 43.5 Å². The van der Waals surface area contributed by atoms with Gasteiger partial charge in [-0.3, -0.25) is 10.1 Å². The average molecular weight is 409 g/mol. The smallest absolute Gasteiger partial charge is 0.330 e. The molecule has 6 nitrogen and oxygen atoms in total. The molecule has 0 aromatic heterocycles. The summed E-state index contributed by atoms with van der Waals surface area (Å²) in [6.45, 7) is 2.16. The number of benzene rings is 1. The van der Waals surface area contributed by atoms with E-state index in [0.29, 0.717) is 21.3 Å². The topological polar surface area (TPSA) is 78.7 Å². The Bertz CT molecular complexity index is 522. The minimum absolute atomic E-state index is 0.0573. The van der Waals surface area contributed by atoms with Crippen molar-refractivity contribution in [2.24, 2.45) is 0 Å². The van der Waals surface area contributed by atoms with Crippen LogP contribution in [0.4, 0.5) is 5.69 Å². The van der Waals surface area contributed by atoms with E-state index in [2.05, 4.69) is 31.9 Å². The highest BCUT2D eigenvalue weighted by Gasteiger charge is 2.14. The number of nitrogens with zero attached hydrogens (tertiary/aromatic N) is 1. The molecule has 1 aromatic rings. The van der Waals surface area contributed by atoms with Gasteiger partial charge in [-0.1, -0.05) is 0 Å². The standard InChI is InChI=1S/C12H11Br2NO5/c1-2-19-11(16)4-3-5-20-12-9(13)6-8(15(17)18)7-10(12)14/h3-4,6-7H,2,5H2,1H3/b4-3+. The molecule has 0 spiro atoms. The van der Waals surface area contributed by atoms with Crippen molar-refractivity contribution in [1.82, 2.24) is 0 Å². The first-order valence-corrected chi connectivity index (χ1v) is 7.13. The van der Waals surface area contributed by atoms with Crippen LogP contribution in [0.25, 0.3) is 0 Å². The lowest BCUT2D eigenvalue weighted by molar-refractivity contribution is -0.385. The molecular weight excluding hydrogens is 398 g/mol. The third-order valence-corrected chi connectivity index (χ3v) is 3.24. The monoisotopic (exact) mass is 407 g/mol. The van der Waals surface area contributed by atoms with Crippen LogP contribution in [-0.2, 0) is 9.53 Å². The minimum atomic E-state index is -0.500. The lowest BCUT2D eigenvalue weighted by atomic mass is 10.3. The maximum Gasteiger partial charge on any atom is 0.330 e. The minimum Gasteiger partial charge on any atom is -0.487 e. The maximum absolute atomic E-state index is 11.0. The Kier molecular flexibility index (Phi) is 6.66. The van der Waals surface area contributed by atoms with Crippen molar-refractivity contribution in [3.8, 4) is 5.75 Å². The van der Waals surface area contributed by atoms with Crippen LogP contribution in [0.5, 0.6) is 5.75 Å². The second-order valence-corrected chi connectivity index (χ2v) is 5.17. The molecule has 0 heterocycles. The van der Waals surface area contributed by atoms with Crippen LogP contribution in [-0.4, -0.2) is 24.1 Å². The number of nitro benzene ring substituents is 1. The largest absolute Gasteiger partial charge is 0.487 e. The Hall–Kier alpha value is -1.41. The average Bonchev–Trinajstić information content (AvgIpc) is 2.36. The molecule has 20 heavy (non-hydrogen) atoms. The lowest BCUT2D eigenvalue weighted by Crippen LogP contribution is -2.01. The van der Waals surface area contributed by atoms with Gasteiger partial charge in [0.25, 0.3) is 5.69 Å². The van der Waals surface area contributed by atoms with E-state index in [1.54, 1.807) is 6.92 Å². The summed E-state index contributed by atoms with van der Waals surface area (Å²) in [6.07, 6.45) is 2.76. The van der Waals surface area contributed by atoms with Crippen LogP contribution in [0.3, 0.4) is 0 Å². The molecule has 0 amide bonds. The third-order valence-electron chi connectivity index (χ3n) is 2.06. The first kappa shape index (κ1) is 16.6. The number of rotatable bonds is 6. The van der Waals surface area contributed by atoms with E-state index in [-0.39, 0.29) is 12.3 Å². The van der Waals surface area contributed by atoms with Gasteiger partial charge in [0.05, 0.1) is 20.5 Å². The van der Waals surface area contributed by atoms with Crippen molar-refractivity contribution < 1.29 is 19.2 Å². The number of halogens is 2. The molecule has 1 rings (SSSR count). The Balaban J connectivity index is 2.69. The van der Waals surface area contributed by atoms with Crippen molar-refractivity contribution in [3.63, 3.8) is 0 Å². The summed E-state index contributed by atoms with van der Waals surface area (Å²) in [7, 11) is 0. The normalized spacial score (nSPS) is 10.6. The van der Waals surface area contributed by atoms with Crippen molar-refractivity contribution in [1.29, 1.82) is 0 Å². The maximum atomic E-state index is 11.0. The van der Waals surface area contributed by atoms with Gasteiger partial charge in [-0.05, 0) is 44.9 Å². The summed E-state index contributed by atoms with van der Waals surface area (Å²) in [4.78, 5) is 21.2. The van der Waals surface area contributed by atoms with Crippen LogP contribution < -0.4 is 4.74 Å². The summed E-state index contributed by atoms with van der Waals surface area (Å²) in [6, 6.07) is 2.68. The van der Waals surface area contributed by atoms with Crippen LogP contribution >= 0.6 is 31.9 Å². The molecule has 108 valence electrons. The van der Waals surface area contributed by atoms with Gasteiger partial charge in [0.15, 0.2) is 0 Å². The zero-order chi connectivity index (χ0) is 15.1. The number of ether oxygens (including phenoxy) is 2. The predicted octanol–water partition coefficient (Wildman–Crippen LogP) is 3.62. The number of carbonyl (C=O) groups excluding carboxylic acids is 1. The SMILES string of the molecule is CCOC(=O)/C=C/COc1c(Br)cc([N+](=O)[O-])cc1Br. The number of non-ortho nitro benzene ring substituents is 1. The molecule has 0 atom stereocenters. The van der Waals surface area contributed by atoms with Gasteiger partial charge in [0.1, 0.15) is 12.4 Å². The van der Waals surface area contributed by atoms with Crippen LogP contribution in [0.2, 0.25) is 0 Å². The van der Waals surface area contributed by atoms with E-state index in [1.807, 2.05) is 0 Å². The number of hydrogen-bond acceptors (Lipinski definition) is 5. The van der Waals surface area contributed by atoms with Crippen LogP contribution in [0, 0.1) is 10.1 Å². The number of esters is 1. The zero-order valence-corrected chi connectivity index (χ0v) is 13.6. The highest BCUT2D eigenvalue weighted by molar-refractivity contribution is 9.11. The summed E-state index contributed by atoms with van der Waals surface area (Å²) in [5, 5.41) is 10.7. The summed E-state index contributed by atoms with van der Waals surface area (Å²) in [5.74, 6) is -0.0259. The van der Waals surface area contributed by atoms with E-state index < -0.39 is 10.9 Å². The van der Waals surface area contributed by atoms with E-state index in [0.717, 1.165) is 0 Å². The van der Waals surface area contributed by atoms with Gasteiger partial charge in [-0.25, -0.2) is 4.79 Å². The Morgan fingerprint density at radius 3 is 2.50 bits per heavy atom. The molecular formula is C12H11Br2NO5. The van der Waals surface area contributed by atoms with Crippen molar-refractivity contribution in [3.05, 3.63) is 43.3 Å². The number of carbonyl (C=O) groups is 1. The van der Waals surface area contributed by atoms with Crippen molar-refractivity contribution in [2.75, 3.05) is 13.2 Å². The summed E-state index contributed by atoms with van der Waals surface area (Å²) >= 11 is 6.39. The van der Waals surface area contributed by atoms with Gasteiger partial charge in [-0.2, -0.15) is 0 Å². The molecule has 0 saturated carbocycles. The highest BCUT2D eigenvalue weighted by atomic mass is 79.9. The molecule has 0 aliphatic heterocycles. The molecule has 0 fully saturated rings. The van der Waals surface area contributed by atoms with E-state index in [9.17, 15) is 14.9 Å². The molecule has 0 aliphatic carbocycles. The number of nitro groups is 1. The predicted molar refractivity (Wildman–Crippen MR) is 79.8 cm³/mol. The summed E-state index contributed by atoms with van der Waals surface area (Å²) in [5.41, 5.74) is -0.0573. The highest BCUT2D eigenvalue weighted by Crippen LogP contribution is 2.37. The summed E-state index contributed by atoms with van der Waals surface area (Å²) < 4.78 is 11.0. The molecule has 8 heteroatoms. The Labute approximate surface area is 132 Å². The first-order chi connectivity index (χ1) is 9.45. The molecule has 0 aliphatic rings. The second kappa shape index (κ2) is 8.01. The van der Waals surface area contributed by atoms with Gasteiger partial charge < -0.3 is 9.47 Å². The second-order valence-electron chi connectivity index (χ2n) is 3.46. The fourth-order valence-corrected chi connectivity index (χ4v) is 2.65. The molecule has 0 N–H and O–H groups in total. The molecule has 0 bridgehead atoms. The van der Waals surface area contributed by atoms with Gasteiger partial charge in [-0.15, -0.1) is 0 Å². The molecule has 0 radical (unpaired) electrons. The van der Waals surface area contributed by atoms with Gasteiger partial charge in [0, 0.05) is 18.2 Å². The molecule has 0 unspecified atom stereocenters. The Morgan fingerprint density at radius 2 is 2.00 bits per heavy atom. The third kappa shape index (κ3) is 4.93. The van der Waals surface area contributed by atoms with E-state index in [1.165, 1.54) is 24.3 Å². The zero-order valence-electron chi connectivity index (χ0n) is 10.5. The van der Waals surface area contributed by atoms with Crippen LogP contribution in [0.15, 0.2) is 33.2 Å². The van der Waals surface area contributed by atoms with E-state index in [4.69, 9.17) is 9.47 Å². The lowest BCUT2D eigenvalue weighted by Gasteiger charge is -2.08.